The zero-order valence-corrected chi connectivity index (χ0v) is 12.6. The van der Waals surface area contributed by atoms with Gasteiger partial charge in [-0.2, -0.15) is 0 Å². The minimum Gasteiger partial charge on any atom is -0.497 e. The molecule has 0 atom stereocenters. The summed E-state index contributed by atoms with van der Waals surface area (Å²) < 4.78 is 33.7. The lowest BCUT2D eigenvalue weighted by Gasteiger charge is -2.08. The van der Waals surface area contributed by atoms with E-state index in [0.717, 1.165) is 23.4 Å². The SMILES string of the molecule is COc1ccc(Cc2nc3cc(F)c(F)cc3n2CCO)cc1. The summed E-state index contributed by atoms with van der Waals surface area (Å²) in [7, 11) is 1.60. The molecule has 3 aromatic rings. The molecule has 0 fully saturated rings. The molecule has 1 N–H and O–H groups in total. The summed E-state index contributed by atoms with van der Waals surface area (Å²) in [6.45, 7) is 0.160. The van der Waals surface area contributed by atoms with Crippen LogP contribution in [0.4, 0.5) is 8.78 Å². The molecule has 1 heterocycles. The summed E-state index contributed by atoms with van der Waals surface area (Å²) >= 11 is 0. The van der Waals surface area contributed by atoms with E-state index in [2.05, 4.69) is 4.98 Å². The monoisotopic (exact) mass is 318 g/mol. The van der Waals surface area contributed by atoms with E-state index in [9.17, 15) is 13.9 Å². The number of imidazole rings is 1. The van der Waals surface area contributed by atoms with Crippen LogP contribution in [0.1, 0.15) is 11.4 Å². The van der Waals surface area contributed by atoms with Gasteiger partial charge in [-0.25, -0.2) is 13.8 Å². The van der Waals surface area contributed by atoms with Gasteiger partial charge in [0.25, 0.3) is 0 Å². The van der Waals surface area contributed by atoms with Gasteiger partial charge in [-0.3, -0.25) is 0 Å². The van der Waals surface area contributed by atoms with Gasteiger partial charge >= 0.3 is 0 Å². The molecule has 0 aliphatic carbocycles. The third-order valence-electron chi connectivity index (χ3n) is 3.71. The Morgan fingerprint density at radius 2 is 1.83 bits per heavy atom. The number of nitrogens with zero attached hydrogens (tertiary/aromatic N) is 2. The Hall–Kier alpha value is -2.47. The number of hydrogen-bond acceptors (Lipinski definition) is 3. The van der Waals surface area contributed by atoms with Crippen molar-refractivity contribution >= 4 is 11.0 Å². The molecule has 0 radical (unpaired) electrons. The Morgan fingerprint density at radius 3 is 2.48 bits per heavy atom. The Kier molecular flexibility index (Phi) is 4.25. The first-order chi connectivity index (χ1) is 11.1. The van der Waals surface area contributed by atoms with Gasteiger partial charge in [-0.15, -0.1) is 0 Å². The zero-order chi connectivity index (χ0) is 16.4. The average Bonchev–Trinajstić information content (AvgIpc) is 2.86. The lowest BCUT2D eigenvalue weighted by atomic mass is 10.1. The van der Waals surface area contributed by atoms with E-state index in [1.165, 1.54) is 0 Å². The average molecular weight is 318 g/mol. The Balaban J connectivity index is 2.02. The smallest absolute Gasteiger partial charge is 0.161 e. The quantitative estimate of drug-likeness (QED) is 0.787. The molecule has 23 heavy (non-hydrogen) atoms. The van der Waals surface area contributed by atoms with Gasteiger partial charge in [0, 0.05) is 25.1 Å². The minimum absolute atomic E-state index is 0.111. The van der Waals surface area contributed by atoms with E-state index in [-0.39, 0.29) is 13.2 Å². The number of ether oxygens (including phenoxy) is 1. The number of methoxy groups -OCH3 is 1. The molecule has 2 aromatic carbocycles. The largest absolute Gasteiger partial charge is 0.497 e. The van der Waals surface area contributed by atoms with Gasteiger partial charge in [0.15, 0.2) is 11.6 Å². The van der Waals surface area contributed by atoms with Crippen molar-refractivity contribution in [2.24, 2.45) is 0 Å². The van der Waals surface area contributed by atoms with E-state index < -0.39 is 11.6 Å². The zero-order valence-electron chi connectivity index (χ0n) is 12.6. The van der Waals surface area contributed by atoms with E-state index in [1.807, 2.05) is 24.3 Å². The molecule has 0 unspecified atom stereocenters. The van der Waals surface area contributed by atoms with Crippen LogP contribution in [0.25, 0.3) is 11.0 Å². The second kappa shape index (κ2) is 6.34. The number of fused-ring (bicyclic) bond motifs is 1. The van der Waals surface area contributed by atoms with Crippen molar-refractivity contribution < 1.29 is 18.6 Å². The van der Waals surface area contributed by atoms with Gasteiger partial charge in [0.05, 0.1) is 24.8 Å². The summed E-state index contributed by atoms with van der Waals surface area (Å²) in [5.41, 5.74) is 1.84. The fourth-order valence-corrected chi connectivity index (χ4v) is 2.58. The molecule has 0 aliphatic heterocycles. The van der Waals surface area contributed by atoms with Crippen LogP contribution in [0, 0.1) is 11.6 Å². The number of halogens is 2. The predicted octanol–water partition coefficient (Wildman–Crippen LogP) is 2.91. The highest BCUT2D eigenvalue weighted by Gasteiger charge is 2.14. The maximum Gasteiger partial charge on any atom is 0.161 e. The van der Waals surface area contributed by atoms with Crippen molar-refractivity contribution in [1.29, 1.82) is 0 Å². The van der Waals surface area contributed by atoms with Gasteiger partial charge in [-0.1, -0.05) is 12.1 Å². The van der Waals surface area contributed by atoms with Crippen molar-refractivity contribution in [3.63, 3.8) is 0 Å². The second-order valence-corrected chi connectivity index (χ2v) is 5.18. The number of aliphatic hydroxyl groups is 1. The van der Waals surface area contributed by atoms with E-state index in [4.69, 9.17) is 4.74 Å². The number of benzene rings is 2. The molecule has 6 heteroatoms. The third-order valence-corrected chi connectivity index (χ3v) is 3.71. The summed E-state index contributed by atoms with van der Waals surface area (Å²) in [6.07, 6.45) is 0.488. The number of aliphatic hydroxyl groups excluding tert-OH is 1. The minimum atomic E-state index is -0.929. The molecule has 0 aliphatic rings. The fourth-order valence-electron chi connectivity index (χ4n) is 2.58. The van der Waals surface area contributed by atoms with Crippen LogP contribution >= 0.6 is 0 Å². The summed E-state index contributed by atoms with van der Waals surface area (Å²) in [6, 6.07) is 9.69. The van der Waals surface area contributed by atoms with Crippen molar-refractivity contribution in [2.75, 3.05) is 13.7 Å². The molecule has 0 amide bonds. The normalized spacial score (nSPS) is 11.1. The standard InChI is InChI=1S/C17H16F2N2O2/c1-23-12-4-2-11(3-5-12)8-17-20-15-9-13(18)14(19)10-16(15)21(17)6-7-22/h2-5,9-10,22H,6-8H2,1H3. The highest BCUT2D eigenvalue weighted by Crippen LogP contribution is 2.22. The third kappa shape index (κ3) is 3.03. The van der Waals surface area contributed by atoms with E-state index in [0.29, 0.717) is 23.3 Å². The topological polar surface area (TPSA) is 47.3 Å². The molecule has 0 spiro atoms. The van der Waals surface area contributed by atoms with Crippen LogP contribution in [0.5, 0.6) is 5.75 Å². The molecule has 4 nitrogen and oxygen atoms in total. The maximum atomic E-state index is 13.5. The van der Waals surface area contributed by atoms with E-state index in [1.54, 1.807) is 11.7 Å². The highest BCUT2D eigenvalue weighted by atomic mass is 19.2. The number of hydrogen-bond donors (Lipinski definition) is 1. The van der Waals surface area contributed by atoms with Crippen molar-refractivity contribution in [3.05, 3.63) is 59.4 Å². The summed E-state index contributed by atoms with van der Waals surface area (Å²) in [5.74, 6) is -0.458. The van der Waals surface area contributed by atoms with Crippen LogP contribution in [0.15, 0.2) is 36.4 Å². The molecule has 0 saturated heterocycles. The summed E-state index contributed by atoms with van der Waals surface area (Å²) in [4.78, 5) is 4.39. The Morgan fingerprint density at radius 1 is 1.13 bits per heavy atom. The van der Waals surface area contributed by atoms with Crippen LogP contribution < -0.4 is 4.74 Å². The lowest BCUT2D eigenvalue weighted by Crippen LogP contribution is -2.07. The molecule has 3 rings (SSSR count). The molecule has 1 aromatic heterocycles. The van der Waals surface area contributed by atoms with Gasteiger partial charge in [0.2, 0.25) is 0 Å². The van der Waals surface area contributed by atoms with Crippen LogP contribution in [0.3, 0.4) is 0 Å². The number of aromatic nitrogens is 2. The van der Waals surface area contributed by atoms with Crippen LogP contribution in [0.2, 0.25) is 0 Å². The first kappa shape index (κ1) is 15.4. The van der Waals surface area contributed by atoms with Crippen LogP contribution in [-0.4, -0.2) is 28.4 Å². The Bertz CT molecular complexity index is 829. The Labute approximate surface area is 132 Å². The summed E-state index contributed by atoms with van der Waals surface area (Å²) in [5, 5.41) is 9.25. The van der Waals surface area contributed by atoms with Crippen molar-refractivity contribution in [1.82, 2.24) is 9.55 Å². The van der Waals surface area contributed by atoms with E-state index >= 15 is 0 Å². The lowest BCUT2D eigenvalue weighted by molar-refractivity contribution is 0.276. The van der Waals surface area contributed by atoms with Gasteiger partial charge in [0.1, 0.15) is 11.6 Å². The van der Waals surface area contributed by atoms with Gasteiger partial charge in [-0.05, 0) is 17.7 Å². The molecular formula is C17H16F2N2O2. The van der Waals surface area contributed by atoms with Crippen LogP contribution in [-0.2, 0) is 13.0 Å². The first-order valence-electron chi connectivity index (χ1n) is 7.20. The van der Waals surface area contributed by atoms with Gasteiger partial charge < -0.3 is 14.4 Å². The predicted molar refractivity (Wildman–Crippen MR) is 82.5 cm³/mol. The maximum absolute atomic E-state index is 13.5. The fraction of sp³-hybridized carbons (Fsp3) is 0.235. The second-order valence-electron chi connectivity index (χ2n) is 5.18. The highest BCUT2D eigenvalue weighted by molar-refractivity contribution is 5.76. The van der Waals surface area contributed by atoms with Crippen molar-refractivity contribution in [2.45, 2.75) is 13.0 Å². The number of rotatable bonds is 5. The van der Waals surface area contributed by atoms with Crippen molar-refractivity contribution in [3.8, 4) is 5.75 Å². The molecule has 0 bridgehead atoms. The molecular weight excluding hydrogens is 302 g/mol. The molecule has 120 valence electrons. The first-order valence-corrected chi connectivity index (χ1v) is 7.20. The molecule has 0 saturated carbocycles.